The van der Waals surface area contributed by atoms with Gasteiger partial charge in [-0.3, -0.25) is 4.99 Å². The molecule has 2 N–H and O–H groups in total. The Bertz CT molecular complexity index is 393. The Morgan fingerprint density at radius 2 is 1.86 bits per heavy atom. The second-order valence-electron chi connectivity index (χ2n) is 4.80. The summed E-state index contributed by atoms with van der Waals surface area (Å²) in [6.07, 6.45) is 2.30. The Morgan fingerprint density at radius 3 is 2.48 bits per heavy atom. The number of benzene rings is 1. The highest BCUT2D eigenvalue weighted by molar-refractivity contribution is 14.0. The molecule has 0 aliphatic carbocycles. The van der Waals surface area contributed by atoms with Gasteiger partial charge in [0.15, 0.2) is 5.96 Å². The van der Waals surface area contributed by atoms with E-state index in [9.17, 15) is 0 Å². The summed E-state index contributed by atoms with van der Waals surface area (Å²) in [6, 6.07) is 8.50. The molecule has 1 aromatic carbocycles. The van der Waals surface area contributed by atoms with E-state index in [1.807, 2.05) is 0 Å². The molecule has 0 aromatic heterocycles. The van der Waals surface area contributed by atoms with Gasteiger partial charge in [-0.15, -0.1) is 24.0 Å². The normalized spacial score (nSPS) is 10.9. The molecule has 0 heterocycles. The number of aryl methyl sites for hydroxylation is 1. The second kappa shape index (κ2) is 12.9. The zero-order valence-electron chi connectivity index (χ0n) is 13.3. The molecule has 0 bridgehead atoms. The number of unbranched alkanes of at least 4 members (excludes halogenated alkanes) is 1. The van der Waals surface area contributed by atoms with E-state index in [4.69, 9.17) is 4.74 Å². The van der Waals surface area contributed by atoms with Crippen LogP contribution in [0.2, 0.25) is 0 Å². The average Bonchev–Trinajstić information content (AvgIpc) is 2.47. The first-order valence-corrected chi connectivity index (χ1v) is 7.34. The van der Waals surface area contributed by atoms with Gasteiger partial charge in [0, 0.05) is 26.7 Å². The first-order chi connectivity index (χ1) is 9.76. The molecule has 1 rings (SSSR count). The number of halogens is 1. The number of rotatable bonds is 8. The van der Waals surface area contributed by atoms with Crippen molar-refractivity contribution >= 4 is 29.9 Å². The molecule has 4 nitrogen and oxygen atoms in total. The highest BCUT2D eigenvalue weighted by atomic mass is 127. The summed E-state index contributed by atoms with van der Waals surface area (Å²) < 4.78 is 5.50. The van der Waals surface area contributed by atoms with Gasteiger partial charge in [0.25, 0.3) is 0 Å². The molecular weight excluding hydrogens is 377 g/mol. The summed E-state index contributed by atoms with van der Waals surface area (Å²) in [4.78, 5) is 4.19. The predicted octanol–water partition coefficient (Wildman–Crippen LogP) is 3.09. The van der Waals surface area contributed by atoms with Gasteiger partial charge in [0.2, 0.25) is 0 Å². The van der Waals surface area contributed by atoms with Gasteiger partial charge >= 0.3 is 0 Å². The lowest BCUT2D eigenvalue weighted by atomic mass is 10.1. The fourth-order valence-electron chi connectivity index (χ4n) is 1.70. The van der Waals surface area contributed by atoms with Crippen molar-refractivity contribution in [2.45, 2.75) is 33.2 Å². The van der Waals surface area contributed by atoms with Crippen LogP contribution >= 0.6 is 24.0 Å². The second-order valence-corrected chi connectivity index (χ2v) is 4.80. The van der Waals surface area contributed by atoms with E-state index >= 15 is 0 Å². The number of hydrogen-bond acceptors (Lipinski definition) is 2. The number of hydrogen-bond donors (Lipinski definition) is 2. The topological polar surface area (TPSA) is 45.6 Å². The van der Waals surface area contributed by atoms with Crippen LogP contribution in [0.25, 0.3) is 0 Å². The number of ether oxygens (including phenoxy) is 1. The van der Waals surface area contributed by atoms with Crippen molar-refractivity contribution in [3.63, 3.8) is 0 Å². The monoisotopic (exact) mass is 405 g/mol. The molecule has 0 aliphatic heterocycles. The molecule has 0 saturated carbocycles. The molecule has 0 atom stereocenters. The number of nitrogens with zero attached hydrogens (tertiary/aromatic N) is 1. The zero-order valence-corrected chi connectivity index (χ0v) is 15.6. The standard InChI is InChI=1S/C16H27N3O.HI/c1-4-5-11-20-12-10-18-16(17-3)19-13-15-8-6-14(2)7-9-15;/h6-9H,4-5,10-13H2,1-3H3,(H2,17,18,19);1H. The van der Waals surface area contributed by atoms with Gasteiger partial charge in [-0.2, -0.15) is 0 Å². The fraction of sp³-hybridized carbons (Fsp3) is 0.562. The molecule has 1 aromatic rings. The smallest absolute Gasteiger partial charge is 0.191 e. The zero-order chi connectivity index (χ0) is 14.6. The third-order valence-corrected chi connectivity index (χ3v) is 2.99. The molecule has 0 unspecified atom stereocenters. The molecule has 0 radical (unpaired) electrons. The highest BCUT2D eigenvalue weighted by Crippen LogP contribution is 2.02. The van der Waals surface area contributed by atoms with Crippen LogP contribution in [0.15, 0.2) is 29.3 Å². The summed E-state index contributed by atoms with van der Waals surface area (Å²) in [5, 5.41) is 6.53. The summed E-state index contributed by atoms with van der Waals surface area (Å²) in [7, 11) is 1.78. The molecule has 0 saturated heterocycles. The molecule has 0 spiro atoms. The molecule has 0 aliphatic rings. The first-order valence-electron chi connectivity index (χ1n) is 7.34. The number of aliphatic imine (C=N–C) groups is 1. The molecular formula is C16H28IN3O. The van der Waals surface area contributed by atoms with Crippen LogP contribution in [-0.4, -0.2) is 32.8 Å². The predicted molar refractivity (Wildman–Crippen MR) is 101 cm³/mol. The molecule has 21 heavy (non-hydrogen) atoms. The van der Waals surface area contributed by atoms with Gasteiger partial charge in [-0.05, 0) is 18.9 Å². The third kappa shape index (κ3) is 9.68. The van der Waals surface area contributed by atoms with Crippen LogP contribution in [0.4, 0.5) is 0 Å². The van der Waals surface area contributed by atoms with E-state index in [0.29, 0.717) is 6.61 Å². The minimum absolute atomic E-state index is 0. The Kier molecular flexibility index (Phi) is 12.4. The highest BCUT2D eigenvalue weighted by Gasteiger charge is 1.98. The van der Waals surface area contributed by atoms with Crippen molar-refractivity contribution in [2.75, 3.05) is 26.8 Å². The maximum Gasteiger partial charge on any atom is 0.191 e. The summed E-state index contributed by atoms with van der Waals surface area (Å²) in [6.45, 7) is 7.36. The molecule has 5 heteroatoms. The van der Waals surface area contributed by atoms with Crippen LogP contribution in [0, 0.1) is 6.92 Å². The first kappa shape index (κ1) is 20.2. The van der Waals surface area contributed by atoms with Gasteiger partial charge in [0.1, 0.15) is 0 Å². The Hall–Kier alpha value is -0.820. The minimum Gasteiger partial charge on any atom is -0.380 e. The fourth-order valence-corrected chi connectivity index (χ4v) is 1.70. The molecule has 0 fully saturated rings. The quantitative estimate of drug-likeness (QED) is 0.303. The summed E-state index contributed by atoms with van der Waals surface area (Å²) in [5.74, 6) is 0.810. The van der Waals surface area contributed by atoms with Gasteiger partial charge in [0.05, 0.1) is 6.61 Å². The Morgan fingerprint density at radius 1 is 1.14 bits per heavy atom. The lowest BCUT2D eigenvalue weighted by Gasteiger charge is -2.12. The van der Waals surface area contributed by atoms with Crippen LogP contribution in [0.1, 0.15) is 30.9 Å². The summed E-state index contributed by atoms with van der Waals surface area (Å²) >= 11 is 0. The SMILES string of the molecule is CCCCOCCNC(=NC)NCc1ccc(C)cc1.I. The van der Waals surface area contributed by atoms with E-state index in [1.54, 1.807) is 7.05 Å². The van der Waals surface area contributed by atoms with Crippen molar-refractivity contribution in [3.8, 4) is 0 Å². The maximum atomic E-state index is 5.50. The molecule has 120 valence electrons. The lowest BCUT2D eigenvalue weighted by molar-refractivity contribution is 0.136. The van der Waals surface area contributed by atoms with E-state index in [2.05, 4.69) is 53.7 Å². The summed E-state index contributed by atoms with van der Waals surface area (Å²) in [5.41, 5.74) is 2.53. The Labute approximate surface area is 145 Å². The van der Waals surface area contributed by atoms with Crippen molar-refractivity contribution in [2.24, 2.45) is 4.99 Å². The number of nitrogens with one attached hydrogen (secondary N) is 2. The van der Waals surface area contributed by atoms with Crippen molar-refractivity contribution in [1.29, 1.82) is 0 Å². The van der Waals surface area contributed by atoms with E-state index in [1.165, 1.54) is 17.5 Å². The maximum absolute atomic E-state index is 5.50. The van der Waals surface area contributed by atoms with E-state index in [-0.39, 0.29) is 24.0 Å². The van der Waals surface area contributed by atoms with E-state index < -0.39 is 0 Å². The van der Waals surface area contributed by atoms with Gasteiger partial charge in [-0.1, -0.05) is 43.2 Å². The largest absolute Gasteiger partial charge is 0.380 e. The van der Waals surface area contributed by atoms with Gasteiger partial charge < -0.3 is 15.4 Å². The van der Waals surface area contributed by atoms with Crippen molar-refractivity contribution < 1.29 is 4.74 Å². The van der Waals surface area contributed by atoms with E-state index in [0.717, 1.165) is 32.1 Å². The number of guanidine groups is 1. The van der Waals surface area contributed by atoms with Crippen molar-refractivity contribution in [1.82, 2.24) is 10.6 Å². The van der Waals surface area contributed by atoms with Crippen LogP contribution in [0.5, 0.6) is 0 Å². The molecule has 0 amide bonds. The van der Waals surface area contributed by atoms with Gasteiger partial charge in [-0.25, -0.2) is 0 Å². The van der Waals surface area contributed by atoms with Crippen LogP contribution in [-0.2, 0) is 11.3 Å². The Balaban J connectivity index is 0.00000400. The van der Waals surface area contributed by atoms with Crippen molar-refractivity contribution in [3.05, 3.63) is 35.4 Å². The van der Waals surface area contributed by atoms with Crippen LogP contribution in [0.3, 0.4) is 0 Å². The minimum atomic E-state index is 0. The average molecular weight is 405 g/mol. The van der Waals surface area contributed by atoms with Crippen LogP contribution < -0.4 is 10.6 Å². The third-order valence-electron chi connectivity index (χ3n) is 2.99. The lowest BCUT2D eigenvalue weighted by Crippen LogP contribution is -2.38.